The zero-order valence-corrected chi connectivity index (χ0v) is 20.4. The molecule has 0 saturated heterocycles. The molecule has 0 aliphatic rings. The molecule has 0 unspecified atom stereocenters. The van der Waals surface area contributed by atoms with Gasteiger partial charge in [-0.15, -0.1) is 0 Å². The molecule has 1 nitrogen and oxygen atoms in total. The van der Waals surface area contributed by atoms with E-state index in [0.29, 0.717) is 0 Å². The smallest absolute Gasteiger partial charge is 0.128 e. The van der Waals surface area contributed by atoms with Gasteiger partial charge in [-0.2, -0.15) is 0 Å². The van der Waals surface area contributed by atoms with Crippen molar-refractivity contribution < 1.29 is 4.74 Å². The lowest BCUT2D eigenvalue weighted by atomic mass is 10.0. The first kappa shape index (κ1) is 22.6. The normalized spacial score (nSPS) is 11.6. The van der Waals surface area contributed by atoms with E-state index in [4.69, 9.17) is 4.74 Å². The van der Waals surface area contributed by atoms with Crippen molar-refractivity contribution >= 4 is 45.8 Å². The molecule has 0 aliphatic heterocycles. The molecule has 0 aliphatic carbocycles. The van der Waals surface area contributed by atoms with E-state index in [0.717, 1.165) is 22.3 Å². The highest BCUT2D eigenvalue weighted by atomic mass is 16.5. The second-order valence-corrected chi connectivity index (χ2v) is 9.13. The molecule has 0 atom stereocenters. The molecule has 37 heavy (non-hydrogen) atoms. The summed E-state index contributed by atoms with van der Waals surface area (Å²) in [6.07, 6.45) is 8.58. The van der Waals surface area contributed by atoms with E-state index in [2.05, 4.69) is 133 Å². The van der Waals surface area contributed by atoms with Gasteiger partial charge in [-0.25, -0.2) is 0 Å². The van der Waals surface area contributed by atoms with Gasteiger partial charge in [-0.1, -0.05) is 121 Å². The van der Waals surface area contributed by atoms with Gasteiger partial charge < -0.3 is 4.74 Å². The minimum absolute atomic E-state index is 0.835. The van der Waals surface area contributed by atoms with Gasteiger partial charge in [-0.05, 0) is 80.2 Å². The minimum atomic E-state index is 0.835. The van der Waals surface area contributed by atoms with E-state index in [9.17, 15) is 0 Å². The Morgan fingerprint density at radius 1 is 0.324 bits per heavy atom. The van der Waals surface area contributed by atoms with Crippen LogP contribution in [0.2, 0.25) is 0 Å². The van der Waals surface area contributed by atoms with Crippen LogP contribution in [0.25, 0.3) is 45.8 Å². The van der Waals surface area contributed by atoms with Crippen LogP contribution in [0.3, 0.4) is 0 Å². The van der Waals surface area contributed by atoms with Gasteiger partial charge in [0.1, 0.15) is 11.5 Å². The van der Waals surface area contributed by atoms with Crippen molar-refractivity contribution in [3.05, 3.63) is 156 Å². The summed E-state index contributed by atoms with van der Waals surface area (Å²) in [5.74, 6) is 1.67. The zero-order chi connectivity index (χ0) is 24.9. The Kier molecular flexibility index (Phi) is 6.34. The van der Waals surface area contributed by atoms with Crippen molar-refractivity contribution in [3.63, 3.8) is 0 Å². The summed E-state index contributed by atoms with van der Waals surface area (Å²) < 4.78 is 6.24. The van der Waals surface area contributed by atoms with Crippen LogP contribution in [0.5, 0.6) is 11.5 Å². The summed E-state index contributed by atoms with van der Waals surface area (Å²) in [7, 11) is 0. The first-order valence-electron chi connectivity index (χ1n) is 12.5. The molecule has 0 fully saturated rings. The lowest BCUT2D eigenvalue weighted by Crippen LogP contribution is -1.86. The first-order valence-corrected chi connectivity index (χ1v) is 12.5. The fourth-order valence-electron chi connectivity index (χ4n) is 4.47. The molecule has 0 aromatic heterocycles. The molecule has 1 heteroatoms. The monoisotopic (exact) mass is 474 g/mol. The van der Waals surface area contributed by atoms with Crippen molar-refractivity contribution in [2.75, 3.05) is 0 Å². The molecule has 6 aromatic rings. The van der Waals surface area contributed by atoms with Crippen LogP contribution in [-0.4, -0.2) is 0 Å². The van der Waals surface area contributed by atoms with Gasteiger partial charge in [0.15, 0.2) is 0 Å². The highest BCUT2D eigenvalue weighted by molar-refractivity contribution is 5.88. The van der Waals surface area contributed by atoms with Crippen molar-refractivity contribution in [2.45, 2.75) is 0 Å². The molecule has 0 spiro atoms. The maximum absolute atomic E-state index is 6.24. The van der Waals surface area contributed by atoms with Gasteiger partial charge in [0.25, 0.3) is 0 Å². The Morgan fingerprint density at radius 2 is 0.703 bits per heavy atom. The number of ether oxygens (including phenoxy) is 1. The zero-order valence-electron chi connectivity index (χ0n) is 20.4. The Morgan fingerprint density at radius 3 is 1.16 bits per heavy atom. The SMILES string of the molecule is C(=C\c1ccc2cc(Oc3ccc4cc(/C=C/c5ccccc5)ccc4c3)ccc2c1)/c1ccccc1. The van der Waals surface area contributed by atoms with Gasteiger partial charge in [0, 0.05) is 0 Å². The molecule has 0 radical (unpaired) electrons. The van der Waals surface area contributed by atoms with Crippen LogP contribution in [-0.2, 0) is 0 Å². The molecule has 0 heterocycles. The fourth-order valence-corrected chi connectivity index (χ4v) is 4.47. The summed E-state index contributed by atoms with van der Waals surface area (Å²) in [5, 5.41) is 4.70. The highest BCUT2D eigenvalue weighted by Gasteiger charge is 2.03. The number of benzene rings is 6. The van der Waals surface area contributed by atoms with Gasteiger partial charge in [0.2, 0.25) is 0 Å². The Hall–Kier alpha value is -4.88. The molecule has 0 N–H and O–H groups in total. The Labute approximate surface area is 217 Å². The predicted molar refractivity (Wildman–Crippen MR) is 159 cm³/mol. The second-order valence-electron chi connectivity index (χ2n) is 9.13. The van der Waals surface area contributed by atoms with Crippen molar-refractivity contribution in [3.8, 4) is 11.5 Å². The topological polar surface area (TPSA) is 9.23 Å². The van der Waals surface area contributed by atoms with Crippen molar-refractivity contribution in [1.82, 2.24) is 0 Å². The molecular weight excluding hydrogens is 448 g/mol. The highest BCUT2D eigenvalue weighted by Crippen LogP contribution is 2.29. The maximum atomic E-state index is 6.24. The van der Waals surface area contributed by atoms with Gasteiger partial charge in [-0.3, -0.25) is 0 Å². The lowest BCUT2D eigenvalue weighted by Gasteiger charge is -2.09. The maximum Gasteiger partial charge on any atom is 0.128 e. The van der Waals surface area contributed by atoms with Crippen LogP contribution in [0, 0.1) is 0 Å². The van der Waals surface area contributed by atoms with E-state index >= 15 is 0 Å². The summed E-state index contributed by atoms with van der Waals surface area (Å²) in [5.41, 5.74) is 4.75. The summed E-state index contributed by atoms with van der Waals surface area (Å²) in [4.78, 5) is 0. The summed E-state index contributed by atoms with van der Waals surface area (Å²) >= 11 is 0. The van der Waals surface area contributed by atoms with Gasteiger partial charge in [0.05, 0.1) is 0 Å². The van der Waals surface area contributed by atoms with Crippen LogP contribution in [0.4, 0.5) is 0 Å². The standard InChI is InChI=1S/C36H26O/c1-3-7-27(8-4-1)11-13-29-15-17-33-25-35(21-19-31(33)23-29)37-36-22-20-32-24-30(16-18-34(32)26-36)14-12-28-9-5-2-6-10-28/h1-26H/b13-11+,14-12+. The molecule has 0 saturated carbocycles. The van der Waals surface area contributed by atoms with Crippen LogP contribution in [0.1, 0.15) is 22.3 Å². The first-order chi connectivity index (χ1) is 18.3. The predicted octanol–water partition coefficient (Wildman–Crippen LogP) is 10.1. The van der Waals surface area contributed by atoms with E-state index in [1.807, 2.05) is 24.3 Å². The van der Waals surface area contributed by atoms with E-state index in [1.165, 1.54) is 33.0 Å². The Balaban J connectivity index is 1.18. The summed E-state index contributed by atoms with van der Waals surface area (Å²) in [6, 6.07) is 46.2. The number of hydrogen-bond donors (Lipinski definition) is 0. The number of rotatable bonds is 6. The molecular formula is C36H26O. The minimum Gasteiger partial charge on any atom is -0.457 e. The van der Waals surface area contributed by atoms with E-state index < -0.39 is 0 Å². The number of fused-ring (bicyclic) bond motifs is 2. The van der Waals surface area contributed by atoms with E-state index in [1.54, 1.807) is 0 Å². The molecule has 6 rings (SSSR count). The quantitative estimate of drug-likeness (QED) is 0.218. The third-order valence-corrected chi connectivity index (χ3v) is 6.44. The number of hydrogen-bond acceptors (Lipinski definition) is 1. The van der Waals surface area contributed by atoms with Crippen LogP contribution in [0.15, 0.2) is 133 Å². The average molecular weight is 475 g/mol. The fraction of sp³-hybridized carbons (Fsp3) is 0. The molecule has 0 bridgehead atoms. The lowest BCUT2D eigenvalue weighted by molar-refractivity contribution is 0.484. The third-order valence-electron chi connectivity index (χ3n) is 6.44. The van der Waals surface area contributed by atoms with Crippen LogP contribution >= 0.6 is 0 Å². The molecule has 6 aromatic carbocycles. The molecule has 0 amide bonds. The summed E-state index contributed by atoms with van der Waals surface area (Å²) in [6.45, 7) is 0. The van der Waals surface area contributed by atoms with Crippen molar-refractivity contribution in [2.24, 2.45) is 0 Å². The van der Waals surface area contributed by atoms with Gasteiger partial charge >= 0.3 is 0 Å². The molecule has 176 valence electrons. The Bertz CT molecular complexity index is 1600. The van der Waals surface area contributed by atoms with E-state index in [-0.39, 0.29) is 0 Å². The van der Waals surface area contributed by atoms with Crippen LogP contribution < -0.4 is 4.74 Å². The third kappa shape index (κ3) is 5.52. The van der Waals surface area contributed by atoms with Crippen molar-refractivity contribution in [1.29, 1.82) is 0 Å². The second kappa shape index (κ2) is 10.4. The average Bonchev–Trinajstić information content (AvgIpc) is 2.96. The largest absolute Gasteiger partial charge is 0.457 e.